The maximum atomic E-state index is 12.1. The van der Waals surface area contributed by atoms with Crippen LogP contribution in [-0.2, 0) is 14.3 Å². The lowest BCUT2D eigenvalue weighted by Gasteiger charge is -2.25. The second-order valence-electron chi connectivity index (χ2n) is 5.86. The molecule has 1 heterocycles. The van der Waals surface area contributed by atoms with Crippen LogP contribution in [0.4, 0.5) is 0 Å². The van der Waals surface area contributed by atoms with Crippen LogP contribution >= 0.6 is 0 Å². The third-order valence-electron chi connectivity index (χ3n) is 3.30. The summed E-state index contributed by atoms with van der Waals surface area (Å²) in [6, 6.07) is 0. The summed E-state index contributed by atoms with van der Waals surface area (Å²) in [6.07, 6.45) is 1.28. The number of hydrogen-bond donors (Lipinski definition) is 1. The van der Waals surface area contributed by atoms with Gasteiger partial charge in [-0.2, -0.15) is 0 Å². The minimum atomic E-state index is -0.855. The highest BCUT2D eigenvalue weighted by Gasteiger charge is 2.31. The van der Waals surface area contributed by atoms with E-state index in [0.29, 0.717) is 18.9 Å². The molecule has 1 amide bonds. The second-order valence-corrected chi connectivity index (χ2v) is 5.86. The van der Waals surface area contributed by atoms with E-state index < -0.39 is 11.4 Å². The predicted molar refractivity (Wildman–Crippen MR) is 67.2 cm³/mol. The molecule has 0 radical (unpaired) electrons. The molecule has 1 aliphatic rings. The molecule has 1 saturated heterocycles. The van der Waals surface area contributed by atoms with Gasteiger partial charge in [-0.15, -0.1) is 0 Å². The van der Waals surface area contributed by atoms with Crippen molar-refractivity contribution in [1.82, 2.24) is 4.90 Å². The van der Waals surface area contributed by atoms with E-state index in [2.05, 4.69) is 0 Å². The number of likely N-dealkylation sites (tertiary alicyclic amines) is 1. The van der Waals surface area contributed by atoms with Crippen molar-refractivity contribution in [3.63, 3.8) is 0 Å². The molecule has 0 aromatic carbocycles. The van der Waals surface area contributed by atoms with Crippen LogP contribution in [-0.4, -0.2) is 48.7 Å². The van der Waals surface area contributed by atoms with Crippen molar-refractivity contribution >= 4 is 11.9 Å². The molecular weight excluding hydrogens is 234 g/mol. The Hall–Kier alpha value is -1.10. The third kappa shape index (κ3) is 4.64. The molecule has 0 aromatic rings. The van der Waals surface area contributed by atoms with Crippen LogP contribution < -0.4 is 0 Å². The lowest BCUT2D eigenvalue weighted by atomic mass is 9.85. The topological polar surface area (TPSA) is 66.8 Å². The van der Waals surface area contributed by atoms with Gasteiger partial charge in [-0.05, 0) is 11.8 Å². The largest absolute Gasteiger partial charge is 0.481 e. The average Bonchev–Trinajstić information content (AvgIpc) is 2.63. The molecule has 0 spiro atoms. The number of methoxy groups -OCH3 is 1. The highest BCUT2D eigenvalue weighted by atomic mass is 16.5. The van der Waals surface area contributed by atoms with Gasteiger partial charge >= 0.3 is 5.97 Å². The normalized spacial score (nSPS) is 20.2. The van der Waals surface area contributed by atoms with Crippen molar-refractivity contribution in [3.8, 4) is 0 Å². The minimum Gasteiger partial charge on any atom is -0.481 e. The van der Waals surface area contributed by atoms with Gasteiger partial charge in [0.2, 0.25) is 5.91 Å². The molecule has 18 heavy (non-hydrogen) atoms. The van der Waals surface area contributed by atoms with Crippen molar-refractivity contribution in [1.29, 1.82) is 0 Å². The smallest absolute Gasteiger partial charge is 0.303 e. The molecule has 0 bridgehead atoms. The highest BCUT2D eigenvalue weighted by molar-refractivity contribution is 5.78. The van der Waals surface area contributed by atoms with Crippen molar-refractivity contribution in [2.24, 2.45) is 11.3 Å². The van der Waals surface area contributed by atoms with Crippen LogP contribution in [0.5, 0.6) is 0 Å². The highest BCUT2D eigenvalue weighted by Crippen LogP contribution is 2.27. The van der Waals surface area contributed by atoms with Gasteiger partial charge in [-0.1, -0.05) is 13.8 Å². The fourth-order valence-electron chi connectivity index (χ4n) is 2.42. The first kappa shape index (κ1) is 15.0. The standard InChI is InChI=1S/C13H23NO4/c1-13(2,7-12(16)17)6-11(15)14-5-4-10(8-14)9-18-3/h10H,4-9H2,1-3H3,(H,16,17). The van der Waals surface area contributed by atoms with E-state index in [1.807, 2.05) is 18.7 Å². The van der Waals surface area contributed by atoms with E-state index in [0.717, 1.165) is 19.5 Å². The van der Waals surface area contributed by atoms with E-state index in [1.165, 1.54) is 0 Å². The third-order valence-corrected chi connectivity index (χ3v) is 3.30. The fraction of sp³-hybridized carbons (Fsp3) is 0.846. The van der Waals surface area contributed by atoms with E-state index in [-0.39, 0.29) is 12.3 Å². The summed E-state index contributed by atoms with van der Waals surface area (Å²) in [5, 5.41) is 8.80. The van der Waals surface area contributed by atoms with Crippen LogP contribution in [0.15, 0.2) is 0 Å². The summed E-state index contributed by atoms with van der Waals surface area (Å²) < 4.78 is 5.09. The molecule has 0 aliphatic carbocycles. The van der Waals surface area contributed by atoms with Crippen LogP contribution in [0.1, 0.15) is 33.1 Å². The number of amides is 1. The second kappa shape index (κ2) is 6.18. The van der Waals surface area contributed by atoms with Crippen LogP contribution in [0, 0.1) is 11.3 Å². The number of ether oxygens (including phenoxy) is 1. The first-order valence-electron chi connectivity index (χ1n) is 6.32. The van der Waals surface area contributed by atoms with Gasteiger partial charge in [0, 0.05) is 32.5 Å². The van der Waals surface area contributed by atoms with Gasteiger partial charge in [0.25, 0.3) is 0 Å². The van der Waals surface area contributed by atoms with E-state index in [4.69, 9.17) is 9.84 Å². The summed E-state index contributed by atoms with van der Waals surface area (Å²) >= 11 is 0. The van der Waals surface area contributed by atoms with Gasteiger partial charge in [0.05, 0.1) is 13.0 Å². The molecule has 1 atom stereocenters. The number of carbonyl (C=O) groups is 2. The van der Waals surface area contributed by atoms with Crippen molar-refractivity contribution < 1.29 is 19.4 Å². The lowest BCUT2D eigenvalue weighted by Crippen LogP contribution is -2.33. The maximum absolute atomic E-state index is 12.1. The molecule has 0 aromatic heterocycles. The Kier molecular flexibility index (Phi) is 5.14. The summed E-state index contributed by atoms with van der Waals surface area (Å²) in [4.78, 5) is 24.6. The molecule has 1 aliphatic heterocycles. The van der Waals surface area contributed by atoms with E-state index >= 15 is 0 Å². The molecular formula is C13H23NO4. The van der Waals surface area contributed by atoms with Crippen molar-refractivity contribution in [2.45, 2.75) is 33.1 Å². The van der Waals surface area contributed by atoms with Gasteiger partial charge in [-0.25, -0.2) is 0 Å². The number of carboxylic acid groups (broad SMARTS) is 1. The average molecular weight is 257 g/mol. The van der Waals surface area contributed by atoms with Gasteiger partial charge in [0.15, 0.2) is 0 Å². The van der Waals surface area contributed by atoms with Gasteiger partial charge < -0.3 is 14.7 Å². The number of carbonyl (C=O) groups excluding carboxylic acids is 1. The SMILES string of the molecule is COCC1CCN(C(=O)CC(C)(C)CC(=O)O)C1. The zero-order valence-electron chi connectivity index (χ0n) is 11.4. The lowest BCUT2D eigenvalue weighted by molar-refractivity contribution is -0.140. The Balaban J connectivity index is 2.44. The molecule has 1 fully saturated rings. The number of aliphatic carboxylic acids is 1. The molecule has 5 nitrogen and oxygen atoms in total. The number of nitrogens with zero attached hydrogens (tertiary/aromatic N) is 1. The Labute approximate surface area is 108 Å². The Morgan fingerprint density at radius 3 is 2.61 bits per heavy atom. The molecule has 0 saturated carbocycles. The summed E-state index contributed by atoms with van der Waals surface area (Å²) in [5.41, 5.74) is -0.484. The van der Waals surface area contributed by atoms with Gasteiger partial charge in [0.1, 0.15) is 0 Å². The zero-order chi connectivity index (χ0) is 13.8. The molecule has 1 rings (SSSR count). The molecule has 1 N–H and O–H groups in total. The van der Waals surface area contributed by atoms with Crippen LogP contribution in [0.25, 0.3) is 0 Å². The molecule has 1 unspecified atom stereocenters. The zero-order valence-corrected chi connectivity index (χ0v) is 11.4. The van der Waals surface area contributed by atoms with Crippen molar-refractivity contribution in [3.05, 3.63) is 0 Å². The Morgan fingerprint density at radius 1 is 1.39 bits per heavy atom. The van der Waals surface area contributed by atoms with Crippen molar-refractivity contribution in [2.75, 3.05) is 26.8 Å². The maximum Gasteiger partial charge on any atom is 0.303 e. The quantitative estimate of drug-likeness (QED) is 0.780. The Morgan fingerprint density at radius 2 is 2.06 bits per heavy atom. The number of carboxylic acids is 1. The first-order chi connectivity index (χ1) is 8.34. The molecule has 104 valence electrons. The monoisotopic (exact) mass is 257 g/mol. The van der Waals surface area contributed by atoms with E-state index in [9.17, 15) is 9.59 Å². The van der Waals surface area contributed by atoms with Crippen LogP contribution in [0.3, 0.4) is 0 Å². The summed E-state index contributed by atoms with van der Waals surface area (Å²) in [7, 11) is 1.67. The fourth-order valence-corrected chi connectivity index (χ4v) is 2.42. The predicted octanol–water partition coefficient (Wildman–Crippen LogP) is 1.37. The number of rotatable bonds is 6. The Bertz CT molecular complexity index is 314. The van der Waals surface area contributed by atoms with E-state index in [1.54, 1.807) is 7.11 Å². The molecule has 5 heteroatoms. The van der Waals surface area contributed by atoms with Crippen LogP contribution in [0.2, 0.25) is 0 Å². The minimum absolute atomic E-state index is 0.0219. The summed E-state index contributed by atoms with van der Waals surface area (Å²) in [5.74, 6) is -0.382. The first-order valence-corrected chi connectivity index (χ1v) is 6.32. The summed E-state index contributed by atoms with van der Waals surface area (Å²) in [6.45, 7) is 5.82. The number of hydrogen-bond acceptors (Lipinski definition) is 3. The van der Waals surface area contributed by atoms with Gasteiger partial charge in [-0.3, -0.25) is 9.59 Å².